The van der Waals surface area contributed by atoms with Crippen LogP contribution in [0.4, 0.5) is 0 Å². The van der Waals surface area contributed by atoms with Crippen molar-refractivity contribution in [1.29, 1.82) is 0 Å². The molecule has 0 amide bonds. The van der Waals surface area contributed by atoms with E-state index in [0.29, 0.717) is 13.2 Å². The molecule has 2 aromatic rings. The fourth-order valence-electron chi connectivity index (χ4n) is 3.29. The van der Waals surface area contributed by atoms with Gasteiger partial charge < -0.3 is 14.6 Å². The van der Waals surface area contributed by atoms with Crippen molar-refractivity contribution in [3.05, 3.63) is 65.7 Å². The van der Waals surface area contributed by atoms with Crippen LogP contribution in [0.3, 0.4) is 0 Å². The van der Waals surface area contributed by atoms with Gasteiger partial charge in [-0.15, -0.1) is 0 Å². The van der Waals surface area contributed by atoms with Gasteiger partial charge in [-0.05, 0) is 37.5 Å². The summed E-state index contributed by atoms with van der Waals surface area (Å²) in [6.45, 7) is 5.46. The van der Waals surface area contributed by atoms with Gasteiger partial charge in [0.25, 0.3) is 0 Å². The average molecular weight is 355 g/mol. The molecule has 1 saturated heterocycles. The molecule has 0 aliphatic carbocycles. The maximum atomic E-state index is 10.5. The van der Waals surface area contributed by atoms with Gasteiger partial charge in [0, 0.05) is 26.2 Å². The van der Waals surface area contributed by atoms with Gasteiger partial charge in [0.2, 0.25) is 0 Å². The molecule has 2 atom stereocenters. The highest BCUT2D eigenvalue weighted by molar-refractivity contribution is 5.22. The molecule has 0 saturated carbocycles. The summed E-state index contributed by atoms with van der Waals surface area (Å²) < 4.78 is 11.5. The molecule has 1 heterocycles. The third-order valence-corrected chi connectivity index (χ3v) is 4.67. The molecule has 1 N–H and O–H groups in total. The zero-order valence-electron chi connectivity index (χ0n) is 15.5. The van der Waals surface area contributed by atoms with E-state index in [1.165, 1.54) is 11.1 Å². The normalized spacial score (nSPS) is 18.2. The van der Waals surface area contributed by atoms with Crippen molar-refractivity contribution < 1.29 is 14.6 Å². The summed E-state index contributed by atoms with van der Waals surface area (Å²) in [6.07, 6.45) is 1.95. The quantitative estimate of drug-likeness (QED) is 0.748. The molecule has 4 nitrogen and oxygen atoms in total. The molecular weight excluding hydrogens is 326 g/mol. The molecule has 4 heteroatoms. The number of hydrogen-bond acceptors (Lipinski definition) is 4. The maximum Gasteiger partial charge on any atom is 0.119 e. The van der Waals surface area contributed by atoms with E-state index in [4.69, 9.17) is 9.47 Å². The second kappa shape index (κ2) is 9.72. The molecule has 1 aliphatic rings. The first kappa shape index (κ1) is 18.9. The Morgan fingerprint density at radius 2 is 1.92 bits per heavy atom. The van der Waals surface area contributed by atoms with Crippen LogP contribution in [0.1, 0.15) is 24.0 Å². The van der Waals surface area contributed by atoms with E-state index in [1.807, 2.05) is 30.3 Å². The van der Waals surface area contributed by atoms with E-state index in [9.17, 15) is 5.11 Å². The Morgan fingerprint density at radius 1 is 1.15 bits per heavy atom. The largest absolute Gasteiger partial charge is 0.491 e. The van der Waals surface area contributed by atoms with Crippen molar-refractivity contribution in [3.63, 3.8) is 0 Å². The zero-order chi connectivity index (χ0) is 18.2. The molecule has 3 rings (SSSR count). The highest BCUT2D eigenvalue weighted by Gasteiger charge is 2.21. The second-order valence-corrected chi connectivity index (χ2v) is 7.09. The number of ether oxygens (including phenoxy) is 2. The number of aliphatic hydroxyl groups excluding tert-OH is 1. The minimum Gasteiger partial charge on any atom is -0.491 e. The first-order valence-corrected chi connectivity index (χ1v) is 9.44. The lowest BCUT2D eigenvalue weighted by molar-refractivity contribution is 0.0313. The Hall–Kier alpha value is -1.88. The third-order valence-electron chi connectivity index (χ3n) is 4.67. The predicted octanol–water partition coefficient (Wildman–Crippen LogP) is 3.42. The van der Waals surface area contributed by atoms with Crippen molar-refractivity contribution in [3.8, 4) is 5.75 Å². The minimum atomic E-state index is -0.540. The third kappa shape index (κ3) is 6.13. The first-order valence-electron chi connectivity index (χ1n) is 9.44. The van der Waals surface area contributed by atoms with E-state index in [-0.39, 0.29) is 6.10 Å². The highest BCUT2D eigenvalue weighted by atomic mass is 16.5. The van der Waals surface area contributed by atoms with Gasteiger partial charge >= 0.3 is 0 Å². The van der Waals surface area contributed by atoms with Gasteiger partial charge in [-0.25, -0.2) is 0 Å². The van der Waals surface area contributed by atoms with Crippen molar-refractivity contribution in [2.45, 2.75) is 38.5 Å². The van der Waals surface area contributed by atoms with Gasteiger partial charge in [-0.1, -0.05) is 48.0 Å². The number of rotatable bonds is 9. The summed E-state index contributed by atoms with van der Waals surface area (Å²) in [4.78, 5) is 2.28. The van der Waals surface area contributed by atoms with E-state index in [2.05, 4.69) is 36.1 Å². The average Bonchev–Trinajstić information content (AvgIpc) is 3.16. The minimum absolute atomic E-state index is 0.266. The summed E-state index contributed by atoms with van der Waals surface area (Å²) >= 11 is 0. The van der Waals surface area contributed by atoms with Gasteiger partial charge in [-0.2, -0.15) is 0 Å². The number of para-hydroxylation sites is 1. The van der Waals surface area contributed by atoms with Gasteiger partial charge in [0.05, 0.1) is 6.10 Å². The molecule has 1 aliphatic heterocycles. The summed E-state index contributed by atoms with van der Waals surface area (Å²) in [5.41, 5.74) is 2.51. The smallest absolute Gasteiger partial charge is 0.119 e. The summed E-state index contributed by atoms with van der Waals surface area (Å²) in [7, 11) is 0. The molecule has 140 valence electrons. The molecule has 0 radical (unpaired) electrons. The van der Waals surface area contributed by atoms with Crippen LogP contribution in [0, 0.1) is 6.92 Å². The Kier molecular flexibility index (Phi) is 7.06. The molecule has 0 aromatic heterocycles. The van der Waals surface area contributed by atoms with Crippen LogP contribution in [0.25, 0.3) is 0 Å². The SMILES string of the molecule is Cc1ccc(CN(C[C@H](O)COc2ccccc2)C[C@H]2CCCO2)cc1. The topological polar surface area (TPSA) is 41.9 Å². The molecular formula is C22H29NO3. The Morgan fingerprint density at radius 3 is 2.62 bits per heavy atom. The molecule has 26 heavy (non-hydrogen) atoms. The number of aliphatic hydroxyl groups is 1. The number of hydrogen-bond donors (Lipinski definition) is 1. The van der Waals surface area contributed by atoms with E-state index in [1.54, 1.807) is 0 Å². The highest BCUT2D eigenvalue weighted by Crippen LogP contribution is 2.16. The molecule has 0 bridgehead atoms. The van der Waals surface area contributed by atoms with Gasteiger partial charge in [0.1, 0.15) is 18.5 Å². The van der Waals surface area contributed by atoms with Crippen LogP contribution in [-0.2, 0) is 11.3 Å². The standard InChI is InChI=1S/C22H29NO3/c1-18-9-11-19(12-10-18)14-23(16-22-8-5-13-25-22)15-20(24)17-26-21-6-3-2-4-7-21/h2-4,6-7,9-12,20,22,24H,5,8,13-17H2,1H3/t20-,22+/m0/s1. The van der Waals surface area contributed by atoms with E-state index in [0.717, 1.165) is 38.3 Å². The van der Waals surface area contributed by atoms with Crippen molar-refractivity contribution in [2.24, 2.45) is 0 Å². The number of aryl methyl sites for hydroxylation is 1. The van der Waals surface area contributed by atoms with Crippen LogP contribution >= 0.6 is 0 Å². The molecule has 0 unspecified atom stereocenters. The second-order valence-electron chi connectivity index (χ2n) is 7.09. The van der Waals surface area contributed by atoms with E-state index < -0.39 is 6.10 Å². The van der Waals surface area contributed by atoms with E-state index >= 15 is 0 Å². The van der Waals surface area contributed by atoms with Crippen LogP contribution in [0.2, 0.25) is 0 Å². The Bertz CT molecular complexity index is 638. The monoisotopic (exact) mass is 355 g/mol. The Labute approximate surface area is 156 Å². The summed E-state index contributed by atoms with van der Waals surface area (Å²) in [5, 5.41) is 10.5. The van der Waals surface area contributed by atoms with Crippen LogP contribution < -0.4 is 4.74 Å². The van der Waals surface area contributed by atoms with Crippen molar-refractivity contribution >= 4 is 0 Å². The maximum absolute atomic E-state index is 10.5. The van der Waals surface area contributed by atoms with Gasteiger partial charge in [-0.3, -0.25) is 4.90 Å². The molecule has 0 spiro atoms. The fraction of sp³-hybridized carbons (Fsp3) is 0.455. The summed E-state index contributed by atoms with van der Waals surface area (Å²) in [5.74, 6) is 0.788. The number of benzene rings is 2. The molecule has 1 fully saturated rings. The fourth-order valence-corrected chi connectivity index (χ4v) is 3.29. The van der Waals surface area contributed by atoms with Crippen LogP contribution in [-0.4, -0.2) is 48.5 Å². The first-order chi connectivity index (χ1) is 12.7. The number of nitrogens with zero attached hydrogens (tertiary/aromatic N) is 1. The lowest BCUT2D eigenvalue weighted by Gasteiger charge is -2.27. The van der Waals surface area contributed by atoms with Crippen LogP contribution in [0.15, 0.2) is 54.6 Å². The van der Waals surface area contributed by atoms with Crippen LogP contribution in [0.5, 0.6) is 5.75 Å². The van der Waals surface area contributed by atoms with Crippen molar-refractivity contribution in [1.82, 2.24) is 4.90 Å². The summed E-state index contributed by atoms with van der Waals surface area (Å²) in [6, 6.07) is 18.2. The molecule has 2 aromatic carbocycles. The van der Waals surface area contributed by atoms with Gasteiger partial charge in [0.15, 0.2) is 0 Å². The Balaban J connectivity index is 1.55. The lowest BCUT2D eigenvalue weighted by atomic mass is 10.1. The predicted molar refractivity (Wildman–Crippen MR) is 103 cm³/mol. The van der Waals surface area contributed by atoms with Crippen molar-refractivity contribution in [2.75, 3.05) is 26.3 Å². The zero-order valence-corrected chi connectivity index (χ0v) is 15.5. The lowest BCUT2D eigenvalue weighted by Crippen LogP contribution is -2.39.